The van der Waals surface area contributed by atoms with Crippen molar-refractivity contribution in [2.45, 2.75) is 58.7 Å². The molecule has 5 heteroatoms. The van der Waals surface area contributed by atoms with Gasteiger partial charge in [0.2, 0.25) is 0 Å². The molecule has 1 rings (SSSR count). The maximum Gasteiger partial charge on any atom is 0.410 e. The third-order valence-corrected chi connectivity index (χ3v) is 3.28. The Balaban J connectivity index is 2.41. The highest BCUT2D eigenvalue weighted by atomic mass is 16.6. The molecule has 1 fully saturated rings. The molecule has 0 aliphatic carbocycles. The molecule has 1 aliphatic heterocycles. The quantitative estimate of drug-likeness (QED) is 0.863. The number of hydrogen-bond donors (Lipinski definition) is 1. The Kier molecular flexibility index (Phi) is 5.83. The van der Waals surface area contributed by atoms with Crippen LogP contribution in [0, 0.1) is 0 Å². The summed E-state index contributed by atoms with van der Waals surface area (Å²) in [4.78, 5) is 16.1. The Morgan fingerprint density at radius 2 is 1.75 bits per heavy atom. The lowest BCUT2D eigenvalue weighted by Gasteiger charge is -2.27. The Morgan fingerprint density at radius 1 is 1.10 bits per heavy atom. The first kappa shape index (κ1) is 17.2. The molecule has 1 heterocycles. The van der Waals surface area contributed by atoms with E-state index in [9.17, 15) is 9.90 Å². The van der Waals surface area contributed by atoms with Crippen molar-refractivity contribution >= 4 is 6.09 Å². The molecule has 1 saturated heterocycles. The molecule has 5 nitrogen and oxygen atoms in total. The molecule has 0 aromatic carbocycles. The van der Waals surface area contributed by atoms with Crippen molar-refractivity contribution in [1.82, 2.24) is 9.80 Å². The third-order valence-electron chi connectivity index (χ3n) is 3.28. The number of carbonyl (C=O) groups excluding carboxylic acids is 1. The molecular weight excluding hydrogens is 256 g/mol. The van der Waals surface area contributed by atoms with Gasteiger partial charge in [0, 0.05) is 26.2 Å². The van der Waals surface area contributed by atoms with Crippen LogP contribution < -0.4 is 0 Å². The van der Waals surface area contributed by atoms with Crippen LogP contribution in [0.4, 0.5) is 4.79 Å². The van der Waals surface area contributed by atoms with Gasteiger partial charge in [-0.3, -0.25) is 0 Å². The zero-order valence-electron chi connectivity index (χ0n) is 13.6. The van der Waals surface area contributed by atoms with Crippen LogP contribution in [0.3, 0.4) is 0 Å². The third kappa shape index (κ3) is 7.10. The van der Waals surface area contributed by atoms with E-state index in [4.69, 9.17) is 4.74 Å². The summed E-state index contributed by atoms with van der Waals surface area (Å²) in [5.41, 5.74) is -1.07. The van der Waals surface area contributed by atoms with Gasteiger partial charge in [-0.15, -0.1) is 0 Å². The zero-order chi connectivity index (χ0) is 15.4. The molecule has 0 spiro atoms. The van der Waals surface area contributed by atoms with Crippen molar-refractivity contribution in [3.05, 3.63) is 0 Å². The summed E-state index contributed by atoms with van der Waals surface area (Å²) in [5, 5.41) is 9.78. The molecule has 20 heavy (non-hydrogen) atoms. The second kappa shape index (κ2) is 6.76. The van der Waals surface area contributed by atoms with Gasteiger partial charge in [0.25, 0.3) is 0 Å². The van der Waals surface area contributed by atoms with Crippen molar-refractivity contribution in [3.63, 3.8) is 0 Å². The SMILES string of the molecule is CC(C)(O)CCN1CCCN(C(=O)OC(C)(C)C)CC1. The summed E-state index contributed by atoms with van der Waals surface area (Å²) in [7, 11) is 0. The zero-order valence-corrected chi connectivity index (χ0v) is 13.6. The Bertz CT molecular complexity index is 318. The highest BCUT2D eigenvalue weighted by Crippen LogP contribution is 2.13. The molecule has 0 bridgehead atoms. The lowest BCUT2D eigenvalue weighted by molar-refractivity contribution is 0.0252. The maximum absolute atomic E-state index is 12.0. The van der Waals surface area contributed by atoms with Crippen LogP contribution in [-0.4, -0.2) is 64.9 Å². The molecule has 0 aromatic rings. The van der Waals surface area contributed by atoms with Crippen LogP contribution >= 0.6 is 0 Å². The molecular formula is C15H30N2O3. The minimum atomic E-state index is -0.628. The summed E-state index contributed by atoms with van der Waals surface area (Å²) in [6.07, 6.45) is 1.48. The van der Waals surface area contributed by atoms with Crippen molar-refractivity contribution in [2.24, 2.45) is 0 Å². The van der Waals surface area contributed by atoms with Gasteiger partial charge < -0.3 is 19.6 Å². The lowest BCUT2D eigenvalue weighted by Crippen LogP contribution is -2.39. The number of nitrogens with zero attached hydrogens (tertiary/aromatic N) is 2. The van der Waals surface area contributed by atoms with E-state index < -0.39 is 11.2 Å². The van der Waals surface area contributed by atoms with E-state index in [1.165, 1.54) is 0 Å². The molecule has 0 atom stereocenters. The van der Waals surface area contributed by atoms with E-state index in [2.05, 4.69) is 4.90 Å². The first-order valence-corrected chi connectivity index (χ1v) is 7.49. The highest BCUT2D eigenvalue weighted by Gasteiger charge is 2.24. The number of hydrogen-bond acceptors (Lipinski definition) is 4. The van der Waals surface area contributed by atoms with E-state index in [1.54, 1.807) is 4.90 Å². The molecule has 1 amide bonds. The van der Waals surface area contributed by atoms with Gasteiger partial charge in [-0.1, -0.05) is 0 Å². The number of amides is 1. The van der Waals surface area contributed by atoms with Crippen molar-refractivity contribution in [1.29, 1.82) is 0 Å². The van der Waals surface area contributed by atoms with E-state index in [1.807, 2.05) is 34.6 Å². The summed E-state index contributed by atoms with van der Waals surface area (Å²) in [5.74, 6) is 0. The van der Waals surface area contributed by atoms with E-state index in [-0.39, 0.29) is 6.09 Å². The minimum absolute atomic E-state index is 0.221. The average Bonchev–Trinajstić information content (AvgIpc) is 2.48. The average molecular weight is 286 g/mol. The molecule has 0 radical (unpaired) electrons. The van der Waals surface area contributed by atoms with E-state index in [0.29, 0.717) is 6.54 Å². The van der Waals surface area contributed by atoms with Crippen LogP contribution in [-0.2, 0) is 4.74 Å². The van der Waals surface area contributed by atoms with Gasteiger partial charge in [-0.25, -0.2) is 4.79 Å². The minimum Gasteiger partial charge on any atom is -0.444 e. The van der Waals surface area contributed by atoms with Crippen LogP contribution in [0.1, 0.15) is 47.5 Å². The van der Waals surface area contributed by atoms with E-state index >= 15 is 0 Å². The monoisotopic (exact) mass is 286 g/mol. The topological polar surface area (TPSA) is 53.0 Å². The first-order valence-electron chi connectivity index (χ1n) is 7.49. The Labute approximate surface area is 122 Å². The second-order valence-electron chi connectivity index (χ2n) is 7.23. The molecule has 0 saturated carbocycles. The lowest BCUT2D eigenvalue weighted by atomic mass is 10.1. The van der Waals surface area contributed by atoms with Crippen molar-refractivity contribution < 1.29 is 14.6 Å². The van der Waals surface area contributed by atoms with Crippen molar-refractivity contribution in [3.8, 4) is 0 Å². The van der Waals surface area contributed by atoms with Gasteiger partial charge in [-0.05, 0) is 54.0 Å². The van der Waals surface area contributed by atoms with Gasteiger partial charge in [0.05, 0.1) is 5.60 Å². The maximum atomic E-state index is 12.0. The number of aliphatic hydroxyl groups is 1. The largest absolute Gasteiger partial charge is 0.444 e. The Hall–Kier alpha value is -0.810. The number of carbonyl (C=O) groups is 1. The highest BCUT2D eigenvalue weighted by molar-refractivity contribution is 5.68. The summed E-state index contributed by atoms with van der Waals surface area (Å²) >= 11 is 0. The number of rotatable bonds is 3. The molecule has 118 valence electrons. The fourth-order valence-corrected chi connectivity index (χ4v) is 2.14. The smallest absolute Gasteiger partial charge is 0.410 e. The Morgan fingerprint density at radius 3 is 2.30 bits per heavy atom. The fourth-order valence-electron chi connectivity index (χ4n) is 2.14. The predicted octanol–water partition coefficient (Wildman–Crippen LogP) is 2.09. The van der Waals surface area contributed by atoms with Crippen LogP contribution in [0.5, 0.6) is 0 Å². The van der Waals surface area contributed by atoms with Gasteiger partial charge >= 0.3 is 6.09 Å². The predicted molar refractivity (Wildman–Crippen MR) is 79.8 cm³/mol. The van der Waals surface area contributed by atoms with Crippen LogP contribution in [0.2, 0.25) is 0 Å². The molecule has 1 N–H and O–H groups in total. The summed E-state index contributed by atoms with van der Waals surface area (Å²) < 4.78 is 5.41. The van der Waals surface area contributed by atoms with Crippen LogP contribution in [0.15, 0.2) is 0 Å². The first-order chi connectivity index (χ1) is 9.07. The molecule has 1 aliphatic rings. The van der Waals surface area contributed by atoms with Gasteiger partial charge in [0.1, 0.15) is 5.60 Å². The molecule has 0 aromatic heterocycles. The van der Waals surface area contributed by atoms with Gasteiger partial charge in [0.15, 0.2) is 0 Å². The van der Waals surface area contributed by atoms with Crippen molar-refractivity contribution in [2.75, 3.05) is 32.7 Å². The summed E-state index contributed by atoms with van der Waals surface area (Å²) in [6, 6.07) is 0. The summed E-state index contributed by atoms with van der Waals surface area (Å²) in [6.45, 7) is 13.4. The fraction of sp³-hybridized carbons (Fsp3) is 0.933. The normalized spacial score (nSPS) is 18.8. The van der Waals surface area contributed by atoms with Crippen LogP contribution in [0.25, 0.3) is 0 Å². The molecule has 0 unspecified atom stereocenters. The van der Waals surface area contributed by atoms with Gasteiger partial charge in [-0.2, -0.15) is 0 Å². The number of ether oxygens (including phenoxy) is 1. The van der Waals surface area contributed by atoms with E-state index in [0.717, 1.165) is 39.0 Å². The standard InChI is InChI=1S/C15H30N2O3/c1-14(2,3)20-13(18)17-9-6-8-16(11-12-17)10-7-15(4,5)19/h19H,6-12H2,1-5H3. The second-order valence-corrected chi connectivity index (χ2v) is 7.23.